The predicted octanol–water partition coefficient (Wildman–Crippen LogP) is 3.13. The number of amides is 1. The van der Waals surface area contributed by atoms with E-state index in [1.165, 1.54) is 0 Å². The van der Waals surface area contributed by atoms with E-state index in [-0.39, 0.29) is 17.4 Å². The number of anilines is 1. The molecule has 1 aliphatic heterocycles. The van der Waals surface area contributed by atoms with Gasteiger partial charge < -0.3 is 10.6 Å². The Morgan fingerprint density at radius 2 is 1.78 bits per heavy atom. The first kappa shape index (κ1) is 19.6. The van der Waals surface area contributed by atoms with E-state index in [4.69, 9.17) is 0 Å². The molecular formula is C21H26N2O3S. The lowest BCUT2D eigenvalue weighted by Gasteiger charge is -2.10. The first-order chi connectivity index (χ1) is 13.0. The number of sulfone groups is 1. The van der Waals surface area contributed by atoms with Crippen LogP contribution in [0.25, 0.3) is 0 Å². The van der Waals surface area contributed by atoms with Crippen molar-refractivity contribution in [3.63, 3.8) is 0 Å². The standard InChI is InChI=1S/C21H26N2O3S/c24-21(10-9-17-11-12-22-14-17)23-20-8-4-7-19(13-20)16-27(25,26)15-18-5-2-1-3-6-18/h1-8,13,17,22H,9-12,14-16H2,(H,23,24). The molecule has 0 saturated carbocycles. The summed E-state index contributed by atoms with van der Waals surface area (Å²) in [4.78, 5) is 12.2. The van der Waals surface area contributed by atoms with Crippen LogP contribution in [0.5, 0.6) is 0 Å². The summed E-state index contributed by atoms with van der Waals surface area (Å²) >= 11 is 0. The summed E-state index contributed by atoms with van der Waals surface area (Å²) in [6.45, 7) is 2.02. The van der Waals surface area contributed by atoms with Crippen LogP contribution in [0.4, 0.5) is 5.69 Å². The fourth-order valence-corrected chi connectivity index (χ4v) is 4.88. The van der Waals surface area contributed by atoms with Crippen LogP contribution in [-0.4, -0.2) is 27.4 Å². The fraction of sp³-hybridized carbons (Fsp3) is 0.381. The molecule has 5 nitrogen and oxygen atoms in total. The quantitative estimate of drug-likeness (QED) is 0.731. The summed E-state index contributed by atoms with van der Waals surface area (Å²) in [5.41, 5.74) is 2.11. The molecule has 27 heavy (non-hydrogen) atoms. The summed E-state index contributed by atoms with van der Waals surface area (Å²) in [5.74, 6) is 0.524. The highest BCUT2D eigenvalue weighted by molar-refractivity contribution is 7.89. The van der Waals surface area contributed by atoms with Crippen molar-refractivity contribution in [2.75, 3.05) is 18.4 Å². The minimum Gasteiger partial charge on any atom is -0.326 e. The summed E-state index contributed by atoms with van der Waals surface area (Å²) < 4.78 is 24.9. The van der Waals surface area contributed by atoms with Crippen molar-refractivity contribution in [3.05, 3.63) is 65.7 Å². The molecule has 2 aromatic carbocycles. The van der Waals surface area contributed by atoms with Gasteiger partial charge in [0.15, 0.2) is 9.84 Å². The SMILES string of the molecule is O=C(CCC1CCNC1)Nc1cccc(CS(=O)(=O)Cc2ccccc2)c1. The molecule has 0 aromatic heterocycles. The van der Waals surface area contributed by atoms with Crippen LogP contribution >= 0.6 is 0 Å². The van der Waals surface area contributed by atoms with Gasteiger partial charge in [0, 0.05) is 12.1 Å². The van der Waals surface area contributed by atoms with E-state index in [9.17, 15) is 13.2 Å². The summed E-state index contributed by atoms with van der Waals surface area (Å²) in [6.07, 6.45) is 2.49. The molecule has 2 N–H and O–H groups in total. The van der Waals surface area contributed by atoms with Gasteiger partial charge in [0.05, 0.1) is 11.5 Å². The van der Waals surface area contributed by atoms with E-state index >= 15 is 0 Å². The molecule has 3 rings (SSSR count). The van der Waals surface area contributed by atoms with E-state index in [1.54, 1.807) is 24.3 Å². The number of benzene rings is 2. The lowest BCUT2D eigenvalue weighted by molar-refractivity contribution is -0.116. The average Bonchev–Trinajstić information content (AvgIpc) is 3.14. The zero-order chi connectivity index (χ0) is 19.1. The Kier molecular flexibility index (Phi) is 6.63. The second-order valence-corrected chi connectivity index (χ2v) is 9.23. The van der Waals surface area contributed by atoms with Crippen molar-refractivity contribution >= 4 is 21.4 Å². The molecule has 1 unspecified atom stereocenters. The van der Waals surface area contributed by atoms with Crippen LogP contribution < -0.4 is 10.6 Å². The van der Waals surface area contributed by atoms with Gasteiger partial charge in [0.1, 0.15) is 0 Å². The van der Waals surface area contributed by atoms with Gasteiger partial charge in [0.25, 0.3) is 0 Å². The predicted molar refractivity (Wildman–Crippen MR) is 108 cm³/mol. The summed E-state index contributed by atoms with van der Waals surface area (Å²) in [7, 11) is -3.27. The van der Waals surface area contributed by atoms with Crippen LogP contribution in [0.1, 0.15) is 30.4 Å². The third-order valence-electron chi connectivity index (χ3n) is 4.77. The van der Waals surface area contributed by atoms with Crippen LogP contribution in [0, 0.1) is 5.92 Å². The number of hydrogen-bond acceptors (Lipinski definition) is 4. The van der Waals surface area contributed by atoms with Crippen molar-refractivity contribution in [1.29, 1.82) is 0 Å². The maximum atomic E-state index is 12.5. The highest BCUT2D eigenvalue weighted by atomic mass is 32.2. The van der Waals surface area contributed by atoms with E-state index in [0.717, 1.165) is 31.5 Å². The Hall–Kier alpha value is -2.18. The topological polar surface area (TPSA) is 75.3 Å². The van der Waals surface area contributed by atoms with Crippen molar-refractivity contribution in [3.8, 4) is 0 Å². The van der Waals surface area contributed by atoms with Gasteiger partial charge >= 0.3 is 0 Å². The van der Waals surface area contributed by atoms with Gasteiger partial charge in [-0.2, -0.15) is 0 Å². The largest absolute Gasteiger partial charge is 0.326 e. The van der Waals surface area contributed by atoms with E-state index in [1.807, 2.05) is 30.3 Å². The summed E-state index contributed by atoms with van der Waals surface area (Å²) in [5, 5.41) is 6.19. The average molecular weight is 387 g/mol. The van der Waals surface area contributed by atoms with Crippen molar-refractivity contribution in [1.82, 2.24) is 5.32 Å². The number of carbonyl (C=O) groups is 1. The molecule has 1 aliphatic rings. The highest BCUT2D eigenvalue weighted by Crippen LogP contribution is 2.18. The lowest BCUT2D eigenvalue weighted by Crippen LogP contribution is -2.15. The van der Waals surface area contributed by atoms with Crippen LogP contribution in [0.15, 0.2) is 54.6 Å². The van der Waals surface area contributed by atoms with Crippen molar-refractivity contribution < 1.29 is 13.2 Å². The Balaban J connectivity index is 1.55. The van der Waals surface area contributed by atoms with Crippen molar-refractivity contribution in [2.24, 2.45) is 5.92 Å². The molecule has 0 spiro atoms. The van der Waals surface area contributed by atoms with E-state index < -0.39 is 9.84 Å². The zero-order valence-corrected chi connectivity index (χ0v) is 16.2. The summed E-state index contributed by atoms with van der Waals surface area (Å²) in [6, 6.07) is 16.3. The molecular weight excluding hydrogens is 360 g/mol. The minimum atomic E-state index is -3.27. The molecule has 2 aromatic rings. The second kappa shape index (κ2) is 9.15. The van der Waals surface area contributed by atoms with Gasteiger partial charge in [-0.15, -0.1) is 0 Å². The second-order valence-electron chi connectivity index (χ2n) is 7.16. The Bertz CT molecular complexity index is 860. The normalized spacial score (nSPS) is 17.0. The first-order valence-electron chi connectivity index (χ1n) is 9.34. The first-order valence-corrected chi connectivity index (χ1v) is 11.2. The zero-order valence-electron chi connectivity index (χ0n) is 15.4. The third-order valence-corrected chi connectivity index (χ3v) is 6.32. The van der Waals surface area contributed by atoms with Crippen molar-refractivity contribution in [2.45, 2.75) is 30.8 Å². The van der Waals surface area contributed by atoms with Crippen LogP contribution in [0.3, 0.4) is 0 Å². The number of carbonyl (C=O) groups excluding carboxylic acids is 1. The molecule has 1 amide bonds. The number of rotatable bonds is 8. The lowest BCUT2D eigenvalue weighted by atomic mass is 10.0. The fourth-order valence-electron chi connectivity index (χ4n) is 3.39. The molecule has 6 heteroatoms. The molecule has 0 radical (unpaired) electrons. The Labute approximate surface area is 161 Å². The monoisotopic (exact) mass is 386 g/mol. The van der Waals surface area contributed by atoms with Gasteiger partial charge in [-0.1, -0.05) is 42.5 Å². The molecule has 1 saturated heterocycles. The van der Waals surface area contributed by atoms with E-state index in [2.05, 4.69) is 10.6 Å². The Morgan fingerprint density at radius 3 is 2.52 bits per heavy atom. The maximum absolute atomic E-state index is 12.5. The number of nitrogens with one attached hydrogen (secondary N) is 2. The molecule has 1 atom stereocenters. The molecule has 0 bridgehead atoms. The van der Waals surface area contributed by atoms with Gasteiger partial charge in [-0.3, -0.25) is 4.79 Å². The molecule has 0 aliphatic carbocycles. The molecule has 144 valence electrons. The van der Waals surface area contributed by atoms with Crippen LogP contribution in [-0.2, 0) is 26.1 Å². The smallest absolute Gasteiger partial charge is 0.224 e. The van der Waals surface area contributed by atoms with Gasteiger partial charge in [-0.05, 0) is 55.1 Å². The highest BCUT2D eigenvalue weighted by Gasteiger charge is 2.16. The molecule has 1 fully saturated rings. The molecule has 1 heterocycles. The minimum absolute atomic E-state index is 0.0137. The van der Waals surface area contributed by atoms with Gasteiger partial charge in [-0.25, -0.2) is 8.42 Å². The Morgan fingerprint density at radius 1 is 1.04 bits per heavy atom. The van der Waals surface area contributed by atoms with Crippen LogP contribution in [0.2, 0.25) is 0 Å². The number of hydrogen-bond donors (Lipinski definition) is 2. The third kappa shape index (κ3) is 6.48. The van der Waals surface area contributed by atoms with Gasteiger partial charge in [0.2, 0.25) is 5.91 Å². The van der Waals surface area contributed by atoms with E-state index in [0.29, 0.717) is 23.6 Å². The maximum Gasteiger partial charge on any atom is 0.224 e.